The second-order valence-electron chi connectivity index (χ2n) is 7.14. The molecule has 0 saturated heterocycles. The molecular weight excluding hydrogens is 374 g/mol. The third-order valence-corrected chi connectivity index (χ3v) is 5.04. The molecule has 5 rings (SSSR count). The highest BCUT2D eigenvalue weighted by Gasteiger charge is 2.20. The quantitative estimate of drug-likeness (QED) is 0.465. The Morgan fingerprint density at radius 2 is 1.70 bits per heavy atom. The number of nitrogens with zero attached hydrogens (tertiary/aromatic N) is 3. The van der Waals surface area contributed by atoms with Gasteiger partial charge in [0.15, 0.2) is 5.65 Å². The zero-order valence-electron chi connectivity index (χ0n) is 16.3. The minimum absolute atomic E-state index is 0.0292. The summed E-state index contributed by atoms with van der Waals surface area (Å²) in [6.07, 6.45) is 0. The van der Waals surface area contributed by atoms with E-state index < -0.39 is 5.91 Å². The highest BCUT2D eigenvalue weighted by atomic mass is 16.2. The van der Waals surface area contributed by atoms with Gasteiger partial charge in [-0.1, -0.05) is 48.5 Å². The van der Waals surface area contributed by atoms with E-state index in [0.29, 0.717) is 11.3 Å². The fourth-order valence-corrected chi connectivity index (χ4v) is 3.73. The van der Waals surface area contributed by atoms with Crippen LogP contribution in [0.5, 0.6) is 0 Å². The minimum Gasteiger partial charge on any atom is -0.383 e. The standard InChI is InChI=1S/C24H19N5O/c1-15-8-7-9-16(14-15)26-24(30)22-27-21(25)20-18-12-5-6-13-19(18)29(23(20)28-22)17-10-3-2-4-11-17/h2-14H,1H3,(H,26,30)(H2,25,27,28). The van der Waals surface area contributed by atoms with E-state index >= 15 is 0 Å². The van der Waals surface area contributed by atoms with Gasteiger partial charge in [0.1, 0.15) is 5.82 Å². The monoisotopic (exact) mass is 393 g/mol. The number of rotatable bonds is 3. The summed E-state index contributed by atoms with van der Waals surface area (Å²) in [4.78, 5) is 21.8. The first kappa shape index (κ1) is 17.9. The summed E-state index contributed by atoms with van der Waals surface area (Å²) in [6.45, 7) is 1.97. The number of nitrogens with one attached hydrogen (secondary N) is 1. The van der Waals surface area contributed by atoms with E-state index in [4.69, 9.17) is 5.73 Å². The molecule has 0 radical (unpaired) electrons. The molecule has 0 spiro atoms. The average molecular weight is 393 g/mol. The van der Waals surface area contributed by atoms with Crippen LogP contribution in [0.4, 0.5) is 11.5 Å². The number of aryl methyl sites for hydroxylation is 1. The lowest BCUT2D eigenvalue weighted by atomic mass is 10.2. The number of benzene rings is 3. The van der Waals surface area contributed by atoms with Gasteiger partial charge >= 0.3 is 0 Å². The van der Waals surface area contributed by atoms with Crippen LogP contribution in [0.25, 0.3) is 27.6 Å². The molecule has 0 bridgehead atoms. The second kappa shape index (κ2) is 7.00. The van der Waals surface area contributed by atoms with Crippen LogP contribution in [-0.4, -0.2) is 20.4 Å². The zero-order valence-corrected chi connectivity index (χ0v) is 16.3. The van der Waals surface area contributed by atoms with E-state index in [1.165, 1.54) is 0 Å². The van der Waals surface area contributed by atoms with Crippen molar-refractivity contribution in [3.63, 3.8) is 0 Å². The van der Waals surface area contributed by atoms with E-state index in [0.717, 1.165) is 27.5 Å². The zero-order chi connectivity index (χ0) is 20.7. The molecule has 30 heavy (non-hydrogen) atoms. The lowest BCUT2D eigenvalue weighted by molar-refractivity contribution is 0.101. The molecule has 0 saturated carbocycles. The van der Waals surface area contributed by atoms with E-state index in [1.807, 2.05) is 90.4 Å². The number of aromatic nitrogens is 3. The van der Waals surface area contributed by atoms with Crippen LogP contribution in [0, 0.1) is 6.92 Å². The smallest absolute Gasteiger partial charge is 0.293 e. The lowest BCUT2D eigenvalue weighted by Gasteiger charge is -2.09. The number of hydrogen-bond acceptors (Lipinski definition) is 4. The van der Waals surface area contributed by atoms with E-state index in [9.17, 15) is 4.79 Å². The van der Waals surface area contributed by atoms with E-state index in [-0.39, 0.29) is 11.6 Å². The van der Waals surface area contributed by atoms with E-state index in [1.54, 1.807) is 0 Å². The molecule has 146 valence electrons. The summed E-state index contributed by atoms with van der Waals surface area (Å²) in [5.74, 6) is -0.0964. The Bertz CT molecular complexity index is 1410. The highest BCUT2D eigenvalue weighted by Crippen LogP contribution is 2.33. The predicted molar refractivity (Wildman–Crippen MR) is 120 cm³/mol. The summed E-state index contributed by atoms with van der Waals surface area (Å²) >= 11 is 0. The maximum absolute atomic E-state index is 12.9. The molecule has 5 aromatic rings. The van der Waals surface area contributed by atoms with Crippen molar-refractivity contribution < 1.29 is 4.79 Å². The van der Waals surface area contributed by atoms with Crippen molar-refractivity contribution in [2.75, 3.05) is 11.1 Å². The first-order chi connectivity index (χ1) is 14.6. The molecule has 3 N–H and O–H groups in total. The molecule has 0 aliphatic rings. The van der Waals surface area contributed by atoms with Gasteiger partial charge in [-0.2, -0.15) is 0 Å². The highest BCUT2D eigenvalue weighted by molar-refractivity contribution is 6.13. The van der Waals surface area contributed by atoms with Crippen LogP contribution >= 0.6 is 0 Å². The topological polar surface area (TPSA) is 85.8 Å². The van der Waals surface area contributed by atoms with Crippen LogP contribution in [0.1, 0.15) is 16.2 Å². The normalized spacial score (nSPS) is 11.1. The van der Waals surface area contributed by atoms with Gasteiger partial charge in [0.2, 0.25) is 5.82 Å². The molecule has 1 amide bonds. The third-order valence-electron chi connectivity index (χ3n) is 5.04. The summed E-state index contributed by atoms with van der Waals surface area (Å²) in [6, 6.07) is 25.4. The number of carbonyl (C=O) groups excluding carboxylic acids is 1. The SMILES string of the molecule is Cc1cccc(NC(=O)c2nc(N)c3c4ccccc4n(-c4ccccc4)c3n2)c1. The predicted octanol–water partition coefficient (Wildman–Crippen LogP) is 4.72. The molecule has 2 heterocycles. The molecule has 0 aliphatic carbocycles. The van der Waals surface area contributed by atoms with E-state index in [2.05, 4.69) is 15.3 Å². The van der Waals surface area contributed by atoms with Crippen LogP contribution in [0.2, 0.25) is 0 Å². The Morgan fingerprint density at radius 1 is 0.933 bits per heavy atom. The fraction of sp³-hybridized carbons (Fsp3) is 0.0417. The van der Waals surface area contributed by atoms with Crippen molar-refractivity contribution in [1.82, 2.24) is 14.5 Å². The Morgan fingerprint density at radius 3 is 2.50 bits per heavy atom. The average Bonchev–Trinajstić information content (AvgIpc) is 3.09. The first-order valence-electron chi connectivity index (χ1n) is 9.62. The molecule has 6 heteroatoms. The summed E-state index contributed by atoms with van der Waals surface area (Å²) in [5, 5.41) is 4.54. The minimum atomic E-state index is -0.404. The van der Waals surface area contributed by atoms with Gasteiger partial charge in [-0.15, -0.1) is 0 Å². The van der Waals surface area contributed by atoms with Crippen molar-refractivity contribution in [3.05, 3.63) is 90.3 Å². The van der Waals surface area contributed by atoms with Crippen LogP contribution < -0.4 is 11.1 Å². The van der Waals surface area contributed by atoms with Crippen LogP contribution in [0.3, 0.4) is 0 Å². The first-order valence-corrected chi connectivity index (χ1v) is 9.62. The van der Waals surface area contributed by atoms with Crippen molar-refractivity contribution >= 4 is 39.3 Å². The maximum atomic E-state index is 12.9. The molecule has 0 unspecified atom stereocenters. The molecule has 2 aromatic heterocycles. The summed E-state index contributed by atoms with van der Waals surface area (Å²) in [5.41, 5.74) is 10.6. The second-order valence-corrected chi connectivity index (χ2v) is 7.14. The molecule has 0 aliphatic heterocycles. The molecule has 0 fully saturated rings. The van der Waals surface area contributed by atoms with Gasteiger partial charge in [-0.05, 0) is 42.8 Å². The van der Waals surface area contributed by atoms with Gasteiger partial charge in [-0.3, -0.25) is 9.36 Å². The lowest BCUT2D eigenvalue weighted by Crippen LogP contribution is -2.17. The number of amides is 1. The number of anilines is 2. The van der Waals surface area contributed by atoms with Gasteiger partial charge in [0.05, 0.1) is 10.9 Å². The van der Waals surface area contributed by atoms with Gasteiger partial charge in [0, 0.05) is 16.8 Å². The largest absolute Gasteiger partial charge is 0.383 e. The van der Waals surface area contributed by atoms with Crippen molar-refractivity contribution in [2.45, 2.75) is 6.92 Å². The number of nitrogens with two attached hydrogens (primary N) is 1. The Hall–Kier alpha value is -4.19. The van der Waals surface area contributed by atoms with Gasteiger partial charge < -0.3 is 11.1 Å². The number of carbonyl (C=O) groups is 1. The number of para-hydroxylation sites is 2. The molecule has 3 aromatic carbocycles. The molecule has 6 nitrogen and oxygen atoms in total. The fourth-order valence-electron chi connectivity index (χ4n) is 3.73. The van der Waals surface area contributed by atoms with Gasteiger partial charge in [-0.25, -0.2) is 9.97 Å². The summed E-state index contributed by atoms with van der Waals surface area (Å²) in [7, 11) is 0. The summed E-state index contributed by atoms with van der Waals surface area (Å²) < 4.78 is 2.01. The molecular formula is C24H19N5O. The van der Waals surface area contributed by atoms with Crippen LogP contribution in [-0.2, 0) is 0 Å². The maximum Gasteiger partial charge on any atom is 0.293 e. The number of hydrogen-bond donors (Lipinski definition) is 2. The number of fused-ring (bicyclic) bond motifs is 3. The Labute approximate surface area is 173 Å². The van der Waals surface area contributed by atoms with Gasteiger partial charge in [0.25, 0.3) is 5.91 Å². The molecule has 0 atom stereocenters. The van der Waals surface area contributed by atoms with Crippen LogP contribution in [0.15, 0.2) is 78.9 Å². The van der Waals surface area contributed by atoms with Crippen molar-refractivity contribution in [2.24, 2.45) is 0 Å². The Balaban J connectivity index is 1.71. The third kappa shape index (κ3) is 2.95. The number of nitrogen functional groups attached to an aromatic ring is 1. The Kier molecular flexibility index (Phi) is 4.17. The van der Waals surface area contributed by atoms with Crippen molar-refractivity contribution in [3.8, 4) is 5.69 Å². The van der Waals surface area contributed by atoms with Crippen molar-refractivity contribution in [1.29, 1.82) is 0 Å².